The number of para-hydroxylation sites is 1. The Morgan fingerprint density at radius 2 is 1.97 bits per heavy atom. The van der Waals surface area contributed by atoms with Gasteiger partial charge in [-0.15, -0.1) is 0 Å². The molecule has 164 valence electrons. The molecular formula is C21H18ClF4N3O2. The largest absolute Gasteiger partial charge is 0.448 e. The zero-order chi connectivity index (χ0) is 22.3. The fraction of sp³-hybridized carbons (Fsp3) is 0.333. The Balaban J connectivity index is 1.53. The molecule has 1 amide bonds. The molecule has 4 rings (SSSR count). The van der Waals surface area contributed by atoms with Crippen molar-refractivity contribution in [2.45, 2.75) is 19.5 Å². The van der Waals surface area contributed by atoms with Gasteiger partial charge in [0.05, 0.1) is 10.6 Å². The first-order valence-electron chi connectivity index (χ1n) is 9.61. The van der Waals surface area contributed by atoms with Gasteiger partial charge in [0.1, 0.15) is 5.82 Å². The van der Waals surface area contributed by atoms with Gasteiger partial charge in [0.15, 0.2) is 17.2 Å². The molecule has 2 aromatic heterocycles. The van der Waals surface area contributed by atoms with Gasteiger partial charge in [-0.3, -0.25) is 4.79 Å². The summed E-state index contributed by atoms with van der Waals surface area (Å²) in [6, 6.07) is 5.36. The van der Waals surface area contributed by atoms with Crippen molar-refractivity contribution in [1.29, 1.82) is 0 Å². The number of anilines is 1. The molecule has 0 radical (unpaired) electrons. The van der Waals surface area contributed by atoms with Gasteiger partial charge >= 0.3 is 6.18 Å². The van der Waals surface area contributed by atoms with Crippen LogP contribution >= 0.6 is 11.6 Å². The number of fused-ring (bicyclic) bond motifs is 1. The van der Waals surface area contributed by atoms with Crippen LogP contribution in [0.15, 0.2) is 34.9 Å². The highest BCUT2D eigenvalue weighted by molar-refractivity contribution is 6.33. The molecule has 0 atom stereocenters. The van der Waals surface area contributed by atoms with E-state index in [1.54, 1.807) is 28.9 Å². The summed E-state index contributed by atoms with van der Waals surface area (Å²) >= 11 is 6.06. The first kappa shape index (κ1) is 21.4. The smallest absolute Gasteiger partial charge is 0.417 e. The van der Waals surface area contributed by atoms with E-state index < -0.39 is 17.6 Å². The van der Waals surface area contributed by atoms with Crippen LogP contribution in [0, 0.1) is 12.7 Å². The Labute approximate surface area is 180 Å². The average molecular weight is 456 g/mol. The van der Waals surface area contributed by atoms with Crippen LogP contribution in [0.25, 0.3) is 11.0 Å². The van der Waals surface area contributed by atoms with E-state index in [9.17, 15) is 22.4 Å². The average Bonchev–Trinajstić information content (AvgIpc) is 2.89. The molecule has 1 saturated heterocycles. The molecule has 5 nitrogen and oxygen atoms in total. The van der Waals surface area contributed by atoms with E-state index in [1.165, 1.54) is 6.07 Å². The Morgan fingerprint density at radius 1 is 1.19 bits per heavy atom. The number of hydrogen-bond acceptors (Lipinski definition) is 4. The molecule has 3 heterocycles. The number of amides is 1. The maximum Gasteiger partial charge on any atom is 0.417 e. The Morgan fingerprint density at radius 3 is 2.65 bits per heavy atom. The lowest BCUT2D eigenvalue weighted by Crippen LogP contribution is -2.35. The summed E-state index contributed by atoms with van der Waals surface area (Å²) in [6.45, 7) is 3.20. The fourth-order valence-electron chi connectivity index (χ4n) is 3.71. The van der Waals surface area contributed by atoms with Crippen LogP contribution in [-0.2, 0) is 6.18 Å². The van der Waals surface area contributed by atoms with E-state index in [-0.39, 0.29) is 34.6 Å². The van der Waals surface area contributed by atoms with Gasteiger partial charge in [0.2, 0.25) is 0 Å². The fourth-order valence-corrected chi connectivity index (χ4v) is 3.99. The molecule has 10 heteroatoms. The summed E-state index contributed by atoms with van der Waals surface area (Å²) in [5, 5.41) is 0.443. The third-order valence-corrected chi connectivity index (χ3v) is 5.62. The summed E-state index contributed by atoms with van der Waals surface area (Å²) in [7, 11) is 0. The number of benzene rings is 1. The number of alkyl halides is 3. The Hall–Kier alpha value is -2.81. The maximum absolute atomic E-state index is 14.0. The maximum atomic E-state index is 14.0. The van der Waals surface area contributed by atoms with Crippen molar-refractivity contribution in [2.75, 3.05) is 31.1 Å². The monoisotopic (exact) mass is 455 g/mol. The van der Waals surface area contributed by atoms with E-state index in [4.69, 9.17) is 16.0 Å². The number of aromatic nitrogens is 1. The molecule has 0 unspecified atom stereocenters. The van der Waals surface area contributed by atoms with Crippen LogP contribution in [0.2, 0.25) is 5.02 Å². The standard InChI is InChI=1S/C21H18ClF4N3O2/c1-12-14-4-2-5-16(23)18(14)31-17(12)20(30)29-7-3-6-28(8-9-29)19-15(22)10-13(11-27-19)21(24,25)26/h2,4-5,10-11H,3,6-9H2,1H3. The van der Waals surface area contributed by atoms with Crippen LogP contribution in [0.1, 0.15) is 28.1 Å². The topological polar surface area (TPSA) is 49.6 Å². The van der Waals surface area contributed by atoms with Crippen LogP contribution in [0.5, 0.6) is 0 Å². The zero-order valence-corrected chi connectivity index (χ0v) is 17.2. The lowest BCUT2D eigenvalue weighted by atomic mass is 10.1. The van der Waals surface area contributed by atoms with Gasteiger partial charge in [0, 0.05) is 43.3 Å². The number of hydrogen-bond donors (Lipinski definition) is 0. The molecule has 3 aromatic rings. The van der Waals surface area contributed by atoms with Crippen molar-refractivity contribution >= 4 is 34.3 Å². The van der Waals surface area contributed by atoms with Gasteiger partial charge in [-0.2, -0.15) is 13.2 Å². The summed E-state index contributed by atoms with van der Waals surface area (Å²) in [4.78, 5) is 20.3. The van der Waals surface area contributed by atoms with Gasteiger partial charge in [-0.1, -0.05) is 23.7 Å². The lowest BCUT2D eigenvalue weighted by molar-refractivity contribution is -0.137. The third kappa shape index (κ3) is 4.06. The number of furan rings is 1. The molecule has 1 aliphatic rings. The number of aryl methyl sites for hydroxylation is 1. The second-order valence-corrected chi connectivity index (χ2v) is 7.74. The quantitative estimate of drug-likeness (QED) is 0.492. The van der Waals surface area contributed by atoms with Gasteiger partial charge in [-0.05, 0) is 25.5 Å². The molecule has 1 aliphatic heterocycles. The molecule has 0 bridgehead atoms. The van der Waals surface area contributed by atoms with Crippen molar-refractivity contribution in [2.24, 2.45) is 0 Å². The predicted molar refractivity (Wildman–Crippen MR) is 108 cm³/mol. The zero-order valence-electron chi connectivity index (χ0n) is 16.5. The van der Waals surface area contributed by atoms with E-state index in [1.807, 2.05) is 0 Å². The molecule has 1 fully saturated rings. The minimum absolute atomic E-state index is 0.0422. The van der Waals surface area contributed by atoms with Crippen molar-refractivity contribution in [3.05, 3.63) is 58.2 Å². The first-order valence-corrected chi connectivity index (χ1v) is 9.99. The summed E-state index contributed by atoms with van der Waals surface area (Å²) in [5.41, 5.74) is -0.311. The van der Waals surface area contributed by atoms with Crippen LogP contribution in [0.3, 0.4) is 0 Å². The number of nitrogens with zero attached hydrogens (tertiary/aromatic N) is 3. The molecule has 31 heavy (non-hydrogen) atoms. The Bertz CT molecular complexity index is 1150. The second kappa shape index (κ2) is 8.03. The Kier molecular flexibility index (Phi) is 5.55. The molecule has 0 saturated carbocycles. The molecule has 0 N–H and O–H groups in total. The van der Waals surface area contributed by atoms with E-state index >= 15 is 0 Å². The van der Waals surface area contributed by atoms with Crippen molar-refractivity contribution in [3.8, 4) is 0 Å². The van der Waals surface area contributed by atoms with E-state index in [2.05, 4.69) is 4.98 Å². The number of pyridine rings is 1. The van der Waals surface area contributed by atoms with E-state index in [0.717, 1.165) is 12.3 Å². The second-order valence-electron chi connectivity index (χ2n) is 7.33. The van der Waals surface area contributed by atoms with Gasteiger partial charge in [0.25, 0.3) is 5.91 Å². The molecule has 0 spiro atoms. The third-order valence-electron chi connectivity index (χ3n) is 5.34. The predicted octanol–water partition coefficient (Wildman–Crippen LogP) is 5.30. The highest BCUT2D eigenvalue weighted by Gasteiger charge is 2.32. The highest BCUT2D eigenvalue weighted by atomic mass is 35.5. The lowest BCUT2D eigenvalue weighted by Gasteiger charge is -2.23. The normalized spacial score (nSPS) is 15.4. The van der Waals surface area contributed by atoms with Crippen molar-refractivity contribution in [3.63, 3.8) is 0 Å². The number of carbonyl (C=O) groups excluding carboxylic acids is 1. The molecule has 1 aromatic carbocycles. The van der Waals surface area contributed by atoms with Crippen LogP contribution in [-0.4, -0.2) is 42.0 Å². The van der Waals surface area contributed by atoms with Gasteiger partial charge in [-0.25, -0.2) is 9.37 Å². The molecular weight excluding hydrogens is 438 g/mol. The number of carbonyl (C=O) groups is 1. The minimum Gasteiger partial charge on any atom is -0.448 e. The summed E-state index contributed by atoms with van der Waals surface area (Å²) in [6.07, 6.45) is -3.22. The van der Waals surface area contributed by atoms with Crippen molar-refractivity contribution in [1.82, 2.24) is 9.88 Å². The highest BCUT2D eigenvalue weighted by Crippen LogP contribution is 2.34. The summed E-state index contributed by atoms with van der Waals surface area (Å²) < 4.78 is 58.1. The minimum atomic E-state index is -4.53. The number of rotatable bonds is 2. The van der Waals surface area contributed by atoms with Crippen molar-refractivity contribution < 1.29 is 26.8 Å². The van der Waals surface area contributed by atoms with E-state index in [0.29, 0.717) is 37.0 Å². The van der Waals surface area contributed by atoms with Crippen LogP contribution < -0.4 is 4.90 Å². The number of halogens is 5. The molecule has 0 aliphatic carbocycles. The van der Waals surface area contributed by atoms with Gasteiger partial charge < -0.3 is 14.2 Å². The first-order chi connectivity index (χ1) is 14.7. The van der Waals surface area contributed by atoms with Crippen LogP contribution in [0.4, 0.5) is 23.4 Å². The summed E-state index contributed by atoms with van der Waals surface area (Å²) in [5.74, 6) is -0.573. The SMILES string of the molecule is Cc1c(C(=O)N2CCCN(c3ncc(C(F)(F)F)cc3Cl)CC2)oc2c(F)cccc12.